The molecule has 3 nitrogen and oxygen atoms in total. The van der Waals surface area contributed by atoms with E-state index in [2.05, 4.69) is 59.2 Å². The third-order valence-corrected chi connectivity index (χ3v) is 5.00. The van der Waals surface area contributed by atoms with Crippen LogP contribution in [0.5, 0.6) is 0 Å². The van der Waals surface area contributed by atoms with Crippen LogP contribution in [0.25, 0.3) is 38.3 Å². The molecule has 0 saturated heterocycles. The number of benzene rings is 4. The van der Waals surface area contributed by atoms with Gasteiger partial charge in [0.05, 0.1) is 34.3 Å². The summed E-state index contributed by atoms with van der Waals surface area (Å²) in [5.41, 5.74) is 3.91. The second-order valence-electron chi connectivity index (χ2n) is 6.53. The van der Waals surface area contributed by atoms with Crippen molar-refractivity contribution in [3.05, 3.63) is 90.0 Å². The van der Waals surface area contributed by atoms with Crippen LogP contribution in [0.2, 0.25) is 0 Å². The molecule has 0 spiro atoms. The normalized spacial score (nSPS) is 10.9. The van der Waals surface area contributed by atoms with Crippen LogP contribution < -0.4 is 0 Å². The summed E-state index contributed by atoms with van der Waals surface area (Å²) in [6.07, 6.45) is 0. The van der Waals surface area contributed by atoms with Gasteiger partial charge < -0.3 is 4.57 Å². The van der Waals surface area contributed by atoms with Crippen molar-refractivity contribution in [3.8, 4) is 17.8 Å². The molecule has 1 heterocycles. The van der Waals surface area contributed by atoms with E-state index >= 15 is 0 Å². The first-order valence-corrected chi connectivity index (χ1v) is 8.67. The first-order chi connectivity index (χ1) is 13.3. The molecule has 0 amide bonds. The molecule has 0 radical (unpaired) electrons. The Labute approximate surface area is 155 Å². The molecule has 5 aromatic rings. The highest BCUT2D eigenvalue weighted by Gasteiger charge is 2.15. The van der Waals surface area contributed by atoms with Crippen molar-refractivity contribution in [2.24, 2.45) is 0 Å². The Morgan fingerprint density at radius 3 is 2.04 bits per heavy atom. The number of para-hydroxylation sites is 1. The van der Waals surface area contributed by atoms with Gasteiger partial charge in [-0.15, -0.1) is 0 Å². The monoisotopic (exact) mass is 343 g/mol. The largest absolute Gasteiger partial charge is 0.309 e. The number of nitriles is 2. The van der Waals surface area contributed by atoms with Gasteiger partial charge in [0, 0.05) is 16.5 Å². The van der Waals surface area contributed by atoms with Crippen molar-refractivity contribution >= 4 is 32.6 Å². The van der Waals surface area contributed by atoms with Crippen LogP contribution >= 0.6 is 0 Å². The van der Waals surface area contributed by atoms with E-state index in [1.165, 1.54) is 16.2 Å². The average molecular weight is 343 g/mol. The number of aromatic nitrogens is 1. The zero-order chi connectivity index (χ0) is 18.4. The Bertz CT molecular complexity index is 1410. The standard InChI is InChI=1S/C24H13N3/c25-14-16-11-17(15-26)13-19(12-16)27-22-8-4-3-7-21(22)24-20-6-2-1-5-18(20)9-10-23(24)27/h1-13H. The lowest BCUT2D eigenvalue weighted by Crippen LogP contribution is -1.96. The van der Waals surface area contributed by atoms with Crippen LogP contribution in [0.4, 0.5) is 0 Å². The van der Waals surface area contributed by atoms with Crippen molar-refractivity contribution in [2.45, 2.75) is 0 Å². The number of rotatable bonds is 1. The molecule has 124 valence electrons. The maximum Gasteiger partial charge on any atom is 0.0992 e. The van der Waals surface area contributed by atoms with Crippen LogP contribution in [0.3, 0.4) is 0 Å². The van der Waals surface area contributed by atoms with E-state index < -0.39 is 0 Å². The van der Waals surface area contributed by atoms with Crippen molar-refractivity contribution in [1.82, 2.24) is 4.57 Å². The molecule has 0 fully saturated rings. The first-order valence-electron chi connectivity index (χ1n) is 8.67. The summed E-state index contributed by atoms with van der Waals surface area (Å²) in [5, 5.41) is 23.5. The van der Waals surface area contributed by atoms with Gasteiger partial charge in [0.15, 0.2) is 0 Å². The third kappa shape index (κ3) is 2.20. The minimum Gasteiger partial charge on any atom is -0.309 e. The molecular weight excluding hydrogens is 330 g/mol. The highest BCUT2D eigenvalue weighted by Crippen LogP contribution is 2.36. The molecule has 27 heavy (non-hydrogen) atoms. The molecule has 3 heteroatoms. The van der Waals surface area contributed by atoms with E-state index in [1.807, 2.05) is 30.3 Å². The summed E-state index contributed by atoms with van der Waals surface area (Å²) < 4.78 is 2.14. The number of hydrogen-bond donors (Lipinski definition) is 0. The van der Waals surface area contributed by atoms with Gasteiger partial charge in [-0.1, -0.05) is 48.5 Å². The molecule has 5 rings (SSSR count). The molecule has 0 saturated carbocycles. The Morgan fingerprint density at radius 1 is 0.630 bits per heavy atom. The predicted octanol–water partition coefficient (Wildman–Crippen LogP) is 5.68. The summed E-state index contributed by atoms with van der Waals surface area (Å²) in [6.45, 7) is 0. The van der Waals surface area contributed by atoms with E-state index in [9.17, 15) is 10.5 Å². The fraction of sp³-hybridized carbons (Fsp3) is 0. The summed E-state index contributed by atoms with van der Waals surface area (Å²) in [5.74, 6) is 0. The van der Waals surface area contributed by atoms with Gasteiger partial charge in [-0.3, -0.25) is 0 Å². The molecule has 1 aromatic heterocycles. The smallest absolute Gasteiger partial charge is 0.0992 e. The van der Waals surface area contributed by atoms with Gasteiger partial charge in [0.2, 0.25) is 0 Å². The number of fused-ring (bicyclic) bond motifs is 5. The quantitative estimate of drug-likeness (QED) is 0.393. The topological polar surface area (TPSA) is 52.5 Å². The summed E-state index contributed by atoms with van der Waals surface area (Å²) in [7, 11) is 0. The fourth-order valence-corrected chi connectivity index (χ4v) is 3.89. The molecule has 0 atom stereocenters. The van der Waals surface area contributed by atoms with E-state index in [0.717, 1.165) is 22.1 Å². The van der Waals surface area contributed by atoms with Crippen molar-refractivity contribution < 1.29 is 0 Å². The summed E-state index contributed by atoms with van der Waals surface area (Å²) in [6, 6.07) is 30.5. The zero-order valence-corrected chi connectivity index (χ0v) is 14.3. The molecule has 0 unspecified atom stereocenters. The Balaban J connectivity index is 2.00. The molecule has 0 aliphatic carbocycles. The van der Waals surface area contributed by atoms with Crippen molar-refractivity contribution in [1.29, 1.82) is 10.5 Å². The van der Waals surface area contributed by atoms with Gasteiger partial charge in [-0.05, 0) is 41.1 Å². The molecular formula is C24H13N3. The van der Waals surface area contributed by atoms with Gasteiger partial charge in [-0.2, -0.15) is 10.5 Å². The SMILES string of the molecule is N#Cc1cc(C#N)cc(-n2c3ccccc3c3c4ccccc4ccc32)c1. The molecule has 0 aliphatic heterocycles. The van der Waals surface area contributed by atoms with Crippen LogP contribution in [0.15, 0.2) is 78.9 Å². The Kier molecular flexibility index (Phi) is 3.22. The maximum atomic E-state index is 9.38. The lowest BCUT2D eigenvalue weighted by molar-refractivity contribution is 1.17. The van der Waals surface area contributed by atoms with Crippen LogP contribution in [0.1, 0.15) is 11.1 Å². The fourth-order valence-electron chi connectivity index (χ4n) is 3.89. The molecule has 0 bridgehead atoms. The second kappa shape index (κ2) is 5.73. The Morgan fingerprint density at radius 2 is 1.30 bits per heavy atom. The highest BCUT2D eigenvalue weighted by molar-refractivity contribution is 6.21. The second-order valence-corrected chi connectivity index (χ2v) is 6.53. The maximum absolute atomic E-state index is 9.38. The van der Waals surface area contributed by atoms with Gasteiger partial charge in [0.1, 0.15) is 0 Å². The van der Waals surface area contributed by atoms with E-state index in [0.29, 0.717) is 11.1 Å². The van der Waals surface area contributed by atoms with Crippen LogP contribution in [-0.2, 0) is 0 Å². The first kappa shape index (κ1) is 15.2. The van der Waals surface area contributed by atoms with Crippen LogP contribution in [-0.4, -0.2) is 4.57 Å². The van der Waals surface area contributed by atoms with Crippen LogP contribution in [0, 0.1) is 22.7 Å². The minimum absolute atomic E-state index is 0.482. The van der Waals surface area contributed by atoms with E-state index in [1.54, 1.807) is 6.07 Å². The highest BCUT2D eigenvalue weighted by atomic mass is 15.0. The predicted molar refractivity (Wildman–Crippen MR) is 108 cm³/mol. The van der Waals surface area contributed by atoms with Gasteiger partial charge >= 0.3 is 0 Å². The lowest BCUT2D eigenvalue weighted by atomic mass is 10.0. The van der Waals surface area contributed by atoms with E-state index in [-0.39, 0.29) is 0 Å². The zero-order valence-electron chi connectivity index (χ0n) is 14.3. The molecule has 0 N–H and O–H groups in total. The lowest BCUT2D eigenvalue weighted by Gasteiger charge is -2.09. The van der Waals surface area contributed by atoms with Gasteiger partial charge in [-0.25, -0.2) is 0 Å². The minimum atomic E-state index is 0.482. The summed E-state index contributed by atoms with van der Waals surface area (Å²) in [4.78, 5) is 0. The Hall–Kier alpha value is -4.08. The average Bonchev–Trinajstić information content (AvgIpc) is 3.08. The van der Waals surface area contributed by atoms with E-state index in [4.69, 9.17) is 0 Å². The van der Waals surface area contributed by atoms with Crippen molar-refractivity contribution in [3.63, 3.8) is 0 Å². The molecule has 0 aliphatic rings. The number of nitrogens with zero attached hydrogens (tertiary/aromatic N) is 3. The van der Waals surface area contributed by atoms with Crippen molar-refractivity contribution in [2.75, 3.05) is 0 Å². The van der Waals surface area contributed by atoms with Gasteiger partial charge in [0.25, 0.3) is 0 Å². The number of hydrogen-bond acceptors (Lipinski definition) is 2. The molecule has 4 aromatic carbocycles. The third-order valence-electron chi connectivity index (χ3n) is 5.00. The summed E-state index contributed by atoms with van der Waals surface area (Å²) >= 11 is 0.